The lowest BCUT2D eigenvalue weighted by Crippen LogP contribution is -2.37. The van der Waals surface area contributed by atoms with Crippen LogP contribution in [0.25, 0.3) is 10.9 Å². The molecule has 0 aliphatic carbocycles. The smallest absolute Gasteiger partial charge is 0.0705 e. The Bertz CT molecular complexity index is 512. The predicted octanol–water partition coefficient (Wildman–Crippen LogP) is 3.15. The summed E-state index contributed by atoms with van der Waals surface area (Å²) in [6.45, 7) is 6.50. The monoisotopic (exact) mass is 228 g/mol. The van der Waals surface area contributed by atoms with E-state index in [9.17, 15) is 0 Å². The summed E-state index contributed by atoms with van der Waals surface area (Å²) in [7, 11) is 0. The first-order valence-corrected chi connectivity index (χ1v) is 6.07. The number of nitrogens with zero attached hydrogens (tertiary/aromatic N) is 1. The van der Waals surface area contributed by atoms with Crippen molar-refractivity contribution >= 4 is 10.9 Å². The first-order valence-electron chi connectivity index (χ1n) is 6.07. The van der Waals surface area contributed by atoms with Crippen LogP contribution in [-0.4, -0.2) is 11.0 Å². The van der Waals surface area contributed by atoms with Crippen LogP contribution in [0.3, 0.4) is 0 Å². The highest BCUT2D eigenvalue weighted by Gasteiger charge is 2.21. The first kappa shape index (κ1) is 12.1. The summed E-state index contributed by atoms with van der Waals surface area (Å²) < 4.78 is 0. The van der Waals surface area contributed by atoms with Gasteiger partial charge >= 0.3 is 0 Å². The van der Waals surface area contributed by atoms with E-state index in [-0.39, 0.29) is 11.5 Å². The van der Waals surface area contributed by atoms with E-state index in [4.69, 9.17) is 5.73 Å². The molecule has 2 N–H and O–H groups in total. The largest absolute Gasteiger partial charge is 0.327 e. The molecular formula is C15H20N2. The van der Waals surface area contributed by atoms with Gasteiger partial charge in [-0.3, -0.25) is 4.98 Å². The van der Waals surface area contributed by atoms with Crippen LogP contribution in [0.15, 0.2) is 36.4 Å². The van der Waals surface area contributed by atoms with Crippen LogP contribution in [-0.2, 0) is 6.42 Å². The van der Waals surface area contributed by atoms with E-state index in [0.29, 0.717) is 0 Å². The van der Waals surface area contributed by atoms with Crippen molar-refractivity contribution in [2.45, 2.75) is 33.2 Å². The summed E-state index contributed by atoms with van der Waals surface area (Å²) in [4.78, 5) is 4.65. The molecule has 2 heteroatoms. The molecule has 0 aliphatic rings. The van der Waals surface area contributed by atoms with Gasteiger partial charge in [0.25, 0.3) is 0 Å². The van der Waals surface area contributed by atoms with Crippen LogP contribution >= 0.6 is 0 Å². The van der Waals surface area contributed by atoms with E-state index in [1.54, 1.807) is 0 Å². The van der Waals surface area contributed by atoms with E-state index >= 15 is 0 Å². The minimum atomic E-state index is 0.118. The fourth-order valence-corrected chi connectivity index (χ4v) is 1.75. The lowest BCUT2D eigenvalue weighted by atomic mass is 9.84. The predicted molar refractivity (Wildman–Crippen MR) is 72.9 cm³/mol. The summed E-state index contributed by atoms with van der Waals surface area (Å²) >= 11 is 0. The van der Waals surface area contributed by atoms with Crippen molar-refractivity contribution in [2.75, 3.05) is 0 Å². The molecule has 2 nitrogen and oxygen atoms in total. The Morgan fingerprint density at radius 1 is 1.12 bits per heavy atom. The molecule has 1 heterocycles. The second-order valence-corrected chi connectivity index (χ2v) is 5.67. The molecule has 0 saturated heterocycles. The van der Waals surface area contributed by atoms with Gasteiger partial charge in [-0.15, -0.1) is 0 Å². The van der Waals surface area contributed by atoms with Gasteiger partial charge in [0.05, 0.1) is 5.52 Å². The Kier molecular flexibility index (Phi) is 3.16. The molecular weight excluding hydrogens is 208 g/mol. The third-order valence-corrected chi connectivity index (χ3v) is 3.20. The molecule has 0 saturated carbocycles. The van der Waals surface area contributed by atoms with Gasteiger partial charge in [-0.2, -0.15) is 0 Å². The summed E-state index contributed by atoms with van der Waals surface area (Å²) in [5, 5.41) is 1.18. The molecule has 2 aromatic rings. The van der Waals surface area contributed by atoms with E-state index in [1.165, 1.54) is 5.39 Å². The average Bonchev–Trinajstić information content (AvgIpc) is 2.27. The Hall–Kier alpha value is -1.41. The summed E-state index contributed by atoms with van der Waals surface area (Å²) in [5.74, 6) is 0. The molecule has 1 unspecified atom stereocenters. The van der Waals surface area contributed by atoms with Crippen LogP contribution in [0, 0.1) is 5.41 Å². The Balaban J connectivity index is 2.25. The molecule has 17 heavy (non-hydrogen) atoms. The molecule has 90 valence electrons. The lowest BCUT2D eigenvalue weighted by molar-refractivity contribution is 0.317. The normalized spacial score (nSPS) is 13.9. The van der Waals surface area contributed by atoms with Gasteiger partial charge in [-0.1, -0.05) is 45.0 Å². The van der Waals surface area contributed by atoms with Gasteiger partial charge in [-0.05, 0) is 17.5 Å². The molecule has 0 spiro atoms. The summed E-state index contributed by atoms with van der Waals surface area (Å²) in [5.41, 5.74) is 8.43. The molecule has 0 bridgehead atoms. The van der Waals surface area contributed by atoms with Crippen LogP contribution in [0.5, 0.6) is 0 Å². The summed E-state index contributed by atoms with van der Waals surface area (Å²) in [6, 6.07) is 12.5. The van der Waals surface area contributed by atoms with Crippen molar-refractivity contribution in [3.8, 4) is 0 Å². The number of hydrogen-bond donors (Lipinski definition) is 1. The standard InChI is InChI=1S/C15H20N2/c1-15(2,3)14(16)10-12-9-8-11-6-4-5-7-13(11)17-12/h4-9,14H,10,16H2,1-3H3. The van der Waals surface area contributed by atoms with Gasteiger partial charge in [0.15, 0.2) is 0 Å². The third-order valence-electron chi connectivity index (χ3n) is 3.20. The van der Waals surface area contributed by atoms with E-state index in [0.717, 1.165) is 17.6 Å². The maximum atomic E-state index is 6.19. The third kappa shape index (κ3) is 2.83. The Morgan fingerprint density at radius 2 is 1.82 bits per heavy atom. The zero-order chi connectivity index (χ0) is 12.5. The van der Waals surface area contributed by atoms with E-state index < -0.39 is 0 Å². The van der Waals surface area contributed by atoms with Crippen molar-refractivity contribution in [3.63, 3.8) is 0 Å². The highest BCUT2D eigenvalue weighted by atomic mass is 14.7. The molecule has 0 radical (unpaired) electrons. The molecule has 0 fully saturated rings. The number of rotatable bonds is 2. The molecule has 0 aliphatic heterocycles. The highest BCUT2D eigenvalue weighted by molar-refractivity contribution is 5.78. The molecule has 1 atom stereocenters. The van der Waals surface area contributed by atoms with Crippen molar-refractivity contribution in [1.29, 1.82) is 0 Å². The van der Waals surface area contributed by atoms with E-state index in [1.807, 2.05) is 18.2 Å². The fourth-order valence-electron chi connectivity index (χ4n) is 1.75. The summed E-state index contributed by atoms with van der Waals surface area (Å²) in [6.07, 6.45) is 0.828. The molecule has 0 amide bonds. The topological polar surface area (TPSA) is 38.9 Å². The first-order chi connectivity index (χ1) is 7.97. The second-order valence-electron chi connectivity index (χ2n) is 5.67. The number of benzene rings is 1. The number of hydrogen-bond acceptors (Lipinski definition) is 2. The van der Waals surface area contributed by atoms with E-state index in [2.05, 4.69) is 44.0 Å². The Labute approximate surface area is 103 Å². The Morgan fingerprint density at radius 3 is 2.53 bits per heavy atom. The van der Waals surface area contributed by atoms with Gasteiger partial charge < -0.3 is 5.73 Å². The van der Waals surface area contributed by atoms with Gasteiger partial charge in [-0.25, -0.2) is 0 Å². The van der Waals surface area contributed by atoms with Crippen molar-refractivity contribution in [2.24, 2.45) is 11.1 Å². The SMILES string of the molecule is CC(C)(C)C(N)Cc1ccc2ccccc2n1. The maximum Gasteiger partial charge on any atom is 0.0705 e. The van der Waals surface area contributed by atoms with Crippen molar-refractivity contribution < 1.29 is 0 Å². The quantitative estimate of drug-likeness (QED) is 0.857. The van der Waals surface area contributed by atoms with Crippen LogP contribution < -0.4 is 5.73 Å². The number of nitrogens with two attached hydrogens (primary N) is 1. The number of pyridine rings is 1. The second kappa shape index (κ2) is 4.46. The van der Waals surface area contributed by atoms with Crippen LogP contribution in [0.2, 0.25) is 0 Å². The minimum Gasteiger partial charge on any atom is -0.327 e. The van der Waals surface area contributed by atoms with Crippen molar-refractivity contribution in [1.82, 2.24) is 4.98 Å². The molecule has 1 aromatic carbocycles. The minimum absolute atomic E-state index is 0.118. The average molecular weight is 228 g/mol. The molecule has 2 rings (SSSR count). The van der Waals surface area contributed by atoms with Gasteiger partial charge in [0.1, 0.15) is 0 Å². The number of aromatic nitrogens is 1. The van der Waals surface area contributed by atoms with Gasteiger partial charge in [0, 0.05) is 23.5 Å². The zero-order valence-electron chi connectivity index (χ0n) is 10.8. The zero-order valence-corrected chi connectivity index (χ0v) is 10.8. The number of para-hydroxylation sites is 1. The van der Waals surface area contributed by atoms with Crippen LogP contribution in [0.1, 0.15) is 26.5 Å². The fraction of sp³-hybridized carbons (Fsp3) is 0.400. The lowest BCUT2D eigenvalue weighted by Gasteiger charge is -2.26. The highest BCUT2D eigenvalue weighted by Crippen LogP contribution is 2.21. The van der Waals surface area contributed by atoms with Gasteiger partial charge in [0.2, 0.25) is 0 Å². The van der Waals surface area contributed by atoms with Crippen LogP contribution in [0.4, 0.5) is 0 Å². The maximum absolute atomic E-state index is 6.19. The van der Waals surface area contributed by atoms with Crippen molar-refractivity contribution in [3.05, 3.63) is 42.1 Å². The number of fused-ring (bicyclic) bond motifs is 1. The molecule has 1 aromatic heterocycles.